The van der Waals surface area contributed by atoms with Crippen LogP contribution in [0.5, 0.6) is 0 Å². The summed E-state index contributed by atoms with van der Waals surface area (Å²) in [4.78, 5) is 15.5. The zero-order valence-corrected chi connectivity index (χ0v) is 10.9. The Hall–Kier alpha value is -2.62. The highest BCUT2D eigenvalue weighted by Crippen LogP contribution is 2.25. The lowest BCUT2D eigenvalue weighted by Crippen LogP contribution is -2.04. The van der Waals surface area contributed by atoms with Gasteiger partial charge in [-0.2, -0.15) is 0 Å². The average Bonchev–Trinajstić information content (AvgIpc) is 2.83. The van der Waals surface area contributed by atoms with Gasteiger partial charge in [-0.05, 0) is 42.8 Å². The van der Waals surface area contributed by atoms with Gasteiger partial charge < -0.3 is 10.7 Å². The molecule has 0 unspecified atom stereocenters. The van der Waals surface area contributed by atoms with Crippen LogP contribution >= 0.6 is 0 Å². The quantitative estimate of drug-likeness (QED) is 0.552. The molecular weight excluding hydrogens is 255 g/mol. The topological polar surface area (TPSA) is 58.9 Å². The minimum Gasteiger partial charge on any atom is -0.399 e. The smallest absolute Gasteiger partial charge is 0.195 e. The summed E-state index contributed by atoms with van der Waals surface area (Å²) in [6, 6.07) is 9.78. The molecule has 0 fully saturated rings. The maximum atomic E-state index is 13.9. The fourth-order valence-electron chi connectivity index (χ4n) is 2.41. The van der Waals surface area contributed by atoms with E-state index in [1.165, 1.54) is 6.07 Å². The summed E-state index contributed by atoms with van der Waals surface area (Å²) in [5.41, 5.74) is 8.55. The van der Waals surface area contributed by atoms with E-state index in [0.717, 1.165) is 5.56 Å². The number of H-pyrrole nitrogens is 1. The lowest BCUT2D eigenvalue weighted by atomic mass is 9.98. The molecule has 4 heteroatoms. The van der Waals surface area contributed by atoms with Gasteiger partial charge >= 0.3 is 0 Å². The molecule has 3 rings (SSSR count). The first kappa shape index (κ1) is 12.4. The van der Waals surface area contributed by atoms with Crippen molar-refractivity contribution in [3.63, 3.8) is 0 Å². The highest BCUT2D eigenvalue weighted by Gasteiger charge is 2.18. The van der Waals surface area contributed by atoms with E-state index in [1.54, 1.807) is 36.5 Å². The van der Waals surface area contributed by atoms with Crippen molar-refractivity contribution in [3.8, 4) is 0 Å². The third kappa shape index (κ3) is 1.86. The van der Waals surface area contributed by atoms with Crippen LogP contribution in [0, 0.1) is 12.7 Å². The summed E-state index contributed by atoms with van der Waals surface area (Å²) in [5, 5.41) is 0.328. The molecule has 0 aliphatic carbocycles. The monoisotopic (exact) mass is 268 g/mol. The Morgan fingerprint density at radius 2 is 2.00 bits per heavy atom. The predicted molar refractivity (Wildman–Crippen MR) is 77.3 cm³/mol. The Labute approximate surface area is 115 Å². The molecule has 0 bridgehead atoms. The SMILES string of the molecule is Cc1cc(N)ccc1C(=O)c1c[nH]c2cccc(F)c12. The molecule has 0 atom stereocenters. The van der Waals surface area contributed by atoms with E-state index in [9.17, 15) is 9.18 Å². The third-order valence-electron chi connectivity index (χ3n) is 3.39. The van der Waals surface area contributed by atoms with Crippen LogP contribution in [-0.4, -0.2) is 10.8 Å². The molecule has 100 valence electrons. The van der Waals surface area contributed by atoms with Crippen molar-refractivity contribution in [2.45, 2.75) is 6.92 Å². The molecule has 0 aliphatic heterocycles. The number of nitrogens with one attached hydrogen (secondary N) is 1. The van der Waals surface area contributed by atoms with E-state index in [0.29, 0.717) is 27.7 Å². The van der Waals surface area contributed by atoms with Gasteiger partial charge in [-0.25, -0.2) is 4.39 Å². The van der Waals surface area contributed by atoms with E-state index in [4.69, 9.17) is 5.73 Å². The van der Waals surface area contributed by atoms with Crippen LogP contribution in [-0.2, 0) is 0 Å². The van der Waals surface area contributed by atoms with Gasteiger partial charge in [0.2, 0.25) is 0 Å². The number of nitrogens with two attached hydrogens (primary N) is 1. The van der Waals surface area contributed by atoms with Gasteiger partial charge in [0.05, 0.1) is 5.56 Å². The fraction of sp³-hybridized carbons (Fsp3) is 0.0625. The number of aromatic amines is 1. The first-order valence-corrected chi connectivity index (χ1v) is 6.24. The molecule has 3 N–H and O–H groups in total. The van der Waals surface area contributed by atoms with Gasteiger partial charge in [-0.15, -0.1) is 0 Å². The number of rotatable bonds is 2. The number of carbonyl (C=O) groups is 1. The fourth-order valence-corrected chi connectivity index (χ4v) is 2.41. The summed E-state index contributed by atoms with van der Waals surface area (Å²) >= 11 is 0. The van der Waals surface area contributed by atoms with Crippen LogP contribution in [0.15, 0.2) is 42.6 Å². The molecule has 0 spiro atoms. The number of carbonyl (C=O) groups excluding carboxylic acids is 1. The standard InChI is InChI=1S/C16H13FN2O/c1-9-7-10(18)5-6-11(9)16(20)12-8-19-14-4-2-3-13(17)15(12)14/h2-8,19H,18H2,1H3. The minimum absolute atomic E-state index is 0.209. The van der Waals surface area contributed by atoms with Gasteiger partial charge in [-0.3, -0.25) is 4.79 Å². The van der Waals surface area contributed by atoms with E-state index in [1.807, 2.05) is 6.92 Å². The second kappa shape index (κ2) is 4.49. The molecule has 0 radical (unpaired) electrons. The van der Waals surface area contributed by atoms with Crippen LogP contribution in [0.3, 0.4) is 0 Å². The molecule has 20 heavy (non-hydrogen) atoms. The molecule has 0 saturated heterocycles. The Kier molecular flexibility index (Phi) is 2.79. The highest BCUT2D eigenvalue weighted by molar-refractivity contribution is 6.17. The molecule has 0 amide bonds. The van der Waals surface area contributed by atoms with Crippen LogP contribution in [0.4, 0.5) is 10.1 Å². The number of ketones is 1. The van der Waals surface area contributed by atoms with Crippen molar-refractivity contribution >= 4 is 22.4 Å². The van der Waals surface area contributed by atoms with Crippen molar-refractivity contribution in [1.82, 2.24) is 4.98 Å². The molecule has 1 aromatic heterocycles. The number of anilines is 1. The normalized spacial score (nSPS) is 10.9. The highest BCUT2D eigenvalue weighted by atomic mass is 19.1. The van der Waals surface area contributed by atoms with Crippen molar-refractivity contribution in [2.75, 3.05) is 5.73 Å². The number of aromatic nitrogens is 1. The van der Waals surface area contributed by atoms with E-state index in [2.05, 4.69) is 4.98 Å². The number of benzene rings is 2. The second-order valence-corrected chi connectivity index (χ2v) is 4.77. The Bertz CT molecular complexity index is 820. The predicted octanol–water partition coefficient (Wildman–Crippen LogP) is 3.43. The third-order valence-corrected chi connectivity index (χ3v) is 3.39. The summed E-state index contributed by atoms with van der Waals surface area (Å²) in [6.45, 7) is 1.81. The van der Waals surface area contributed by atoms with Gasteiger partial charge in [-0.1, -0.05) is 6.07 Å². The van der Waals surface area contributed by atoms with Gasteiger partial charge in [0.1, 0.15) is 5.82 Å². The van der Waals surface area contributed by atoms with E-state index >= 15 is 0 Å². The number of aryl methyl sites for hydroxylation is 1. The number of hydrogen-bond acceptors (Lipinski definition) is 2. The van der Waals surface area contributed by atoms with E-state index in [-0.39, 0.29) is 5.78 Å². The summed E-state index contributed by atoms with van der Waals surface area (Å²) < 4.78 is 13.9. The van der Waals surface area contributed by atoms with Crippen molar-refractivity contribution in [2.24, 2.45) is 0 Å². The zero-order chi connectivity index (χ0) is 14.3. The number of halogens is 1. The zero-order valence-electron chi connectivity index (χ0n) is 10.9. The summed E-state index contributed by atoms with van der Waals surface area (Å²) in [7, 11) is 0. The van der Waals surface area contributed by atoms with Crippen LogP contribution in [0.25, 0.3) is 10.9 Å². The largest absolute Gasteiger partial charge is 0.399 e. The van der Waals surface area contributed by atoms with Gasteiger partial charge in [0, 0.05) is 28.4 Å². The number of hydrogen-bond donors (Lipinski definition) is 2. The summed E-state index contributed by atoms with van der Waals surface area (Å²) in [6.07, 6.45) is 1.55. The molecule has 3 aromatic rings. The van der Waals surface area contributed by atoms with Crippen molar-refractivity contribution < 1.29 is 9.18 Å². The Balaban J connectivity index is 2.18. The van der Waals surface area contributed by atoms with E-state index < -0.39 is 5.82 Å². The van der Waals surface area contributed by atoms with Crippen molar-refractivity contribution in [3.05, 3.63) is 65.1 Å². The molecule has 0 saturated carbocycles. The minimum atomic E-state index is -0.403. The van der Waals surface area contributed by atoms with Crippen LogP contribution < -0.4 is 5.73 Å². The first-order valence-electron chi connectivity index (χ1n) is 6.24. The molecule has 1 heterocycles. The maximum Gasteiger partial charge on any atom is 0.195 e. The van der Waals surface area contributed by atoms with Gasteiger partial charge in [0.25, 0.3) is 0 Å². The molecular formula is C16H13FN2O. The lowest BCUT2D eigenvalue weighted by Gasteiger charge is -2.05. The lowest BCUT2D eigenvalue weighted by molar-refractivity contribution is 0.103. The molecule has 3 nitrogen and oxygen atoms in total. The second-order valence-electron chi connectivity index (χ2n) is 4.77. The maximum absolute atomic E-state index is 13.9. The average molecular weight is 268 g/mol. The van der Waals surface area contributed by atoms with Crippen LogP contribution in [0.2, 0.25) is 0 Å². The first-order chi connectivity index (χ1) is 9.58. The number of nitrogen functional groups attached to an aromatic ring is 1. The number of fused-ring (bicyclic) bond motifs is 1. The van der Waals surface area contributed by atoms with Gasteiger partial charge in [0.15, 0.2) is 5.78 Å². The van der Waals surface area contributed by atoms with Crippen molar-refractivity contribution in [1.29, 1.82) is 0 Å². The molecule has 0 aliphatic rings. The Morgan fingerprint density at radius 1 is 1.20 bits per heavy atom. The molecule has 2 aromatic carbocycles. The Morgan fingerprint density at radius 3 is 2.75 bits per heavy atom. The summed E-state index contributed by atoms with van der Waals surface area (Å²) in [5.74, 6) is -0.612. The van der Waals surface area contributed by atoms with Crippen LogP contribution in [0.1, 0.15) is 21.5 Å².